The summed E-state index contributed by atoms with van der Waals surface area (Å²) in [7, 11) is 0. The number of hydrogen-bond donors (Lipinski definition) is 3. The molecule has 0 aromatic carbocycles. The Morgan fingerprint density at radius 3 is 3.00 bits per heavy atom. The lowest BCUT2D eigenvalue weighted by Crippen LogP contribution is -2.43. The van der Waals surface area contributed by atoms with Gasteiger partial charge in [-0.3, -0.25) is 14.7 Å². The molecule has 11 heteroatoms. The van der Waals surface area contributed by atoms with Gasteiger partial charge in [-0.25, -0.2) is 9.31 Å². The summed E-state index contributed by atoms with van der Waals surface area (Å²) in [6, 6.07) is 1.41. The van der Waals surface area contributed by atoms with Gasteiger partial charge in [0.15, 0.2) is 0 Å². The van der Waals surface area contributed by atoms with Crippen molar-refractivity contribution in [3.8, 4) is 0 Å². The Morgan fingerprint density at radius 1 is 1.39 bits per heavy atom. The Hall–Kier alpha value is -2.50. The Morgan fingerprint density at radius 2 is 2.23 bits per heavy atom. The second-order valence-electron chi connectivity index (χ2n) is 8.37. The predicted molar refractivity (Wildman–Crippen MR) is 126 cm³/mol. The number of pyridine rings is 2. The lowest BCUT2D eigenvalue weighted by Gasteiger charge is -2.31. The number of anilines is 1. The summed E-state index contributed by atoms with van der Waals surface area (Å²) in [5, 5.41) is 10.7. The van der Waals surface area contributed by atoms with Crippen molar-refractivity contribution in [3.63, 3.8) is 0 Å². The molecular formula is C20H22BrN7O2S. The van der Waals surface area contributed by atoms with E-state index in [1.165, 1.54) is 24.2 Å². The summed E-state index contributed by atoms with van der Waals surface area (Å²) >= 11 is 4.86. The molecule has 162 valence electrons. The fraction of sp³-hybridized carbons (Fsp3) is 0.400. The van der Waals surface area contributed by atoms with E-state index < -0.39 is 0 Å². The molecular weight excluding hydrogens is 482 g/mol. The van der Waals surface area contributed by atoms with Crippen LogP contribution in [0.3, 0.4) is 0 Å². The molecule has 0 radical (unpaired) electrons. The zero-order valence-corrected chi connectivity index (χ0v) is 19.6. The van der Waals surface area contributed by atoms with Crippen LogP contribution in [-0.4, -0.2) is 55.7 Å². The molecule has 5 rings (SSSR count). The van der Waals surface area contributed by atoms with E-state index in [1.54, 1.807) is 16.8 Å². The van der Waals surface area contributed by atoms with Crippen molar-refractivity contribution in [2.24, 2.45) is 0 Å². The molecule has 1 aliphatic heterocycles. The highest BCUT2D eigenvalue weighted by Gasteiger charge is 2.31. The maximum absolute atomic E-state index is 12.7. The molecule has 0 atom stereocenters. The number of urea groups is 1. The van der Waals surface area contributed by atoms with Gasteiger partial charge in [-0.15, -0.1) is 11.3 Å². The molecule has 31 heavy (non-hydrogen) atoms. The molecule has 0 unspecified atom stereocenters. The first-order valence-electron chi connectivity index (χ1n) is 10.1. The molecule has 0 bridgehead atoms. The fourth-order valence-corrected chi connectivity index (χ4v) is 5.72. The monoisotopic (exact) mass is 503 g/mol. The number of H-pyrrole nitrogens is 1. The quantitative estimate of drug-likeness (QED) is 0.394. The Labute approximate surface area is 190 Å². The first-order valence-corrected chi connectivity index (χ1v) is 11.7. The van der Waals surface area contributed by atoms with E-state index in [2.05, 4.69) is 60.4 Å². The molecule has 1 fully saturated rings. The summed E-state index contributed by atoms with van der Waals surface area (Å²) in [5.74, 6) is 0. The average Bonchev–Trinajstić information content (AvgIpc) is 3.33. The molecule has 4 aromatic heterocycles. The van der Waals surface area contributed by atoms with Crippen LogP contribution in [0.15, 0.2) is 27.0 Å². The predicted octanol–water partition coefficient (Wildman–Crippen LogP) is 3.54. The van der Waals surface area contributed by atoms with Crippen LogP contribution in [-0.2, 0) is 0 Å². The number of aromatic amines is 1. The minimum absolute atomic E-state index is 0.190. The van der Waals surface area contributed by atoms with Crippen LogP contribution >= 0.6 is 27.3 Å². The van der Waals surface area contributed by atoms with Crippen molar-refractivity contribution < 1.29 is 4.79 Å². The number of nitrogens with one attached hydrogen (secondary N) is 3. The topological polar surface area (TPSA) is 107 Å². The van der Waals surface area contributed by atoms with Gasteiger partial charge in [0.25, 0.3) is 5.56 Å². The van der Waals surface area contributed by atoms with Crippen molar-refractivity contribution in [1.82, 2.24) is 29.8 Å². The van der Waals surface area contributed by atoms with Crippen molar-refractivity contribution in [2.45, 2.75) is 32.2 Å². The first kappa shape index (κ1) is 20.4. The van der Waals surface area contributed by atoms with Gasteiger partial charge < -0.3 is 15.6 Å². The number of rotatable bonds is 4. The third kappa shape index (κ3) is 3.70. The summed E-state index contributed by atoms with van der Waals surface area (Å²) in [4.78, 5) is 35.5. The van der Waals surface area contributed by atoms with Gasteiger partial charge in [0.05, 0.1) is 27.4 Å². The highest BCUT2D eigenvalue weighted by molar-refractivity contribution is 9.11. The highest BCUT2D eigenvalue weighted by atomic mass is 79.9. The first-order chi connectivity index (χ1) is 14.8. The van der Waals surface area contributed by atoms with Gasteiger partial charge in [-0.2, -0.15) is 5.10 Å². The van der Waals surface area contributed by atoms with Crippen LogP contribution in [0.4, 0.5) is 10.5 Å². The summed E-state index contributed by atoms with van der Waals surface area (Å²) in [5.41, 5.74) is 2.12. The van der Waals surface area contributed by atoms with Crippen molar-refractivity contribution in [3.05, 3.63) is 32.6 Å². The zero-order chi connectivity index (χ0) is 21.8. The van der Waals surface area contributed by atoms with Crippen LogP contribution in [0.25, 0.3) is 26.8 Å². The van der Waals surface area contributed by atoms with E-state index >= 15 is 0 Å². The maximum Gasteiger partial charge on any atom is 0.319 e. The molecule has 4 aromatic rings. The van der Waals surface area contributed by atoms with Crippen molar-refractivity contribution in [1.29, 1.82) is 0 Å². The van der Waals surface area contributed by atoms with Crippen LogP contribution in [0.1, 0.15) is 26.7 Å². The summed E-state index contributed by atoms with van der Waals surface area (Å²) in [6.07, 6.45) is 5.76. The number of carbonyl (C=O) groups is 1. The summed E-state index contributed by atoms with van der Waals surface area (Å²) in [6.45, 7) is 6.92. The number of aromatic nitrogens is 4. The third-order valence-electron chi connectivity index (χ3n) is 5.87. The van der Waals surface area contributed by atoms with Crippen LogP contribution in [0.2, 0.25) is 0 Å². The Balaban J connectivity index is 1.33. The smallest absolute Gasteiger partial charge is 0.319 e. The lowest BCUT2D eigenvalue weighted by atomic mass is 10.0. The highest BCUT2D eigenvalue weighted by Crippen LogP contribution is 2.30. The fourth-order valence-electron chi connectivity index (χ4n) is 4.25. The molecule has 9 nitrogen and oxygen atoms in total. The van der Waals surface area contributed by atoms with E-state index in [1.807, 2.05) is 6.20 Å². The van der Waals surface area contributed by atoms with Crippen LogP contribution in [0.5, 0.6) is 0 Å². The van der Waals surface area contributed by atoms with Gasteiger partial charge >= 0.3 is 6.03 Å². The minimum atomic E-state index is -0.297. The lowest BCUT2D eigenvalue weighted by molar-refractivity contribution is 0.176. The van der Waals surface area contributed by atoms with Gasteiger partial charge in [0.2, 0.25) is 0 Å². The molecule has 5 heterocycles. The van der Waals surface area contributed by atoms with Crippen LogP contribution < -0.4 is 16.2 Å². The Kier molecular flexibility index (Phi) is 4.98. The minimum Gasteiger partial charge on any atom is -0.337 e. The maximum atomic E-state index is 12.7. The van der Waals surface area contributed by atoms with Crippen LogP contribution in [0, 0.1) is 0 Å². The largest absolute Gasteiger partial charge is 0.337 e. The van der Waals surface area contributed by atoms with Gasteiger partial charge in [-0.1, -0.05) is 0 Å². The van der Waals surface area contributed by atoms with Gasteiger partial charge in [-0.05, 0) is 55.2 Å². The number of thiazole rings is 1. The van der Waals surface area contributed by atoms with E-state index in [-0.39, 0.29) is 17.1 Å². The second-order valence-corrected chi connectivity index (χ2v) is 10.8. The molecule has 3 N–H and O–H groups in total. The molecule has 2 amide bonds. The van der Waals surface area contributed by atoms with Crippen molar-refractivity contribution in [2.75, 3.05) is 25.0 Å². The number of carbonyl (C=O) groups excluding carboxylic acids is 1. The number of fused-ring (bicyclic) bond motifs is 5. The van der Waals surface area contributed by atoms with E-state index in [0.29, 0.717) is 34.2 Å². The number of likely N-dealkylation sites (tertiary alicyclic amines) is 1. The van der Waals surface area contributed by atoms with Crippen molar-refractivity contribution >= 4 is 65.8 Å². The van der Waals surface area contributed by atoms with E-state index in [9.17, 15) is 9.59 Å². The molecule has 0 aliphatic carbocycles. The zero-order valence-electron chi connectivity index (χ0n) is 17.2. The molecule has 1 saturated heterocycles. The average molecular weight is 504 g/mol. The van der Waals surface area contributed by atoms with E-state index in [4.69, 9.17) is 0 Å². The SMILES string of the molecule is CC1(C)CCCN1CCNC(=O)Nc1cnc2c(c1)[nH]c(=O)c1c2nn2cc(Br)sc12. The number of amides is 2. The number of hydrogen-bond acceptors (Lipinski definition) is 6. The van der Waals surface area contributed by atoms with Gasteiger partial charge in [0, 0.05) is 18.6 Å². The summed E-state index contributed by atoms with van der Waals surface area (Å²) < 4.78 is 2.57. The second kappa shape index (κ2) is 7.57. The van der Waals surface area contributed by atoms with Gasteiger partial charge in [0.1, 0.15) is 21.3 Å². The standard InChI is InChI=1S/C20H22BrN7O2S/c1-20(2)4-3-6-27(20)7-5-22-19(30)24-11-8-12-15(23-9-11)16-14(17(29)25-12)18-28(26-16)10-13(21)31-18/h8-10H,3-7H2,1-2H3,(H,25,29)(H2,22,24,30). The molecule has 0 saturated carbocycles. The number of halogens is 1. The molecule has 1 aliphatic rings. The number of nitrogens with zero attached hydrogens (tertiary/aromatic N) is 4. The third-order valence-corrected chi connectivity index (χ3v) is 7.44. The normalized spacial score (nSPS) is 16.5. The van der Waals surface area contributed by atoms with E-state index in [0.717, 1.165) is 21.7 Å². The molecule has 0 spiro atoms. The Bertz CT molecular complexity index is 1370.